The van der Waals surface area contributed by atoms with Gasteiger partial charge >= 0.3 is 0 Å². The fourth-order valence-electron chi connectivity index (χ4n) is 1.54. The van der Waals surface area contributed by atoms with Crippen LogP contribution in [0.1, 0.15) is 15.9 Å². The number of rotatable bonds is 3. The molecule has 17 heavy (non-hydrogen) atoms. The molecular formula is C13H12FNO2. The molecule has 3 nitrogen and oxygen atoms in total. The third kappa shape index (κ3) is 2.72. The highest BCUT2D eigenvalue weighted by Crippen LogP contribution is 2.09. The molecule has 0 N–H and O–H groups in total. The number of hydrogen-bond donors (Lipinski definition) is 0. The van der Waals surface area contributed by atoms with Gasteiger partial charge in [0.25, 0.3) is 5.91 Å². The molecule has 0 saturated heterocycles. The van der Waals surface area contributed by atoms with E-state index >= 15 is 0 Å². The molecule has 0 unspecified atom stereocenters. The molecule has 0 bridgehead atoms. The lowest BCUT2D eigenvalue weighted by molar-refractivity contribution is 0.0785. The number of carbonyl (C=O) groups excluding carboxylic acids is 1. The van der Waals surface area contributed by atoms with E-state index in [1.54, 1.807) is 30.5 Å². The highest BCUT2D eigenvalue weighted by atomic mass is 19.1. The lowest BCUT2D eigenvalue weighted by atomic mass is 10.2. The van der Waals surface area contributed by atoms with Crippen LogP contribution < -0.4 is 0 Å². The molecule has 2 rings (SSSR count). The Bertz CT molecular complexity index is 491. The zero-order valence-corrected chi connectivity index (χ0v) is 9.39. The van der Waals surface area contributed by atoms with Crippen LogP contribution >= 0.6 is 0 Å². The molecule has 0 aliphatic rings. The molecule has 1 amide bonds. The molecule has 1 aromatic carbocycles. The topological polar surface area (TPSA) is 33.5 Å². The van der Waals surface area contributed by atoms with Gasteiger partial charge < -0.3 is 9.32 Å². The molecule has 0 atom stereocenters. The number of carbonyl (C=O) groups is 1. The molecule has 0 aliphatic heterocycles. The summed E-state index contributed by atoms with van der Waals surface area (Å²) < 4.78 is 17.6. The number of furan rings is 1. The van der Waals surface area contributed by atoms with Crippen LogP contribution in [0.25, 0.3) is 0 Å². The quantitative estimate of drug-likeness (QED) is 0.816. The van der Waals surface area contributed by atoms with Crippen molar-refractivity contribution >= 4 is 5.91 Å². The van der Waals surface area contributed by atoms with Crippen LogP contribution in [-0.4, -0.2) is 17.9 Å². The van der Waals surface area contributed by atoms with Crippen molar-refractivity contribution < 1.29 is 13.6 Å². The fourth-order valence-corrected chi connectivity index (χ4v) is 1.54. The van der Waals surface area contributed by atoms with E-state index in [0.717, 1.165) is 5.56 Å². The molecule has 0 spiro atoms. The van der Waals surface area contributed by atoms with Gasteiger partial charge in [0.2, 0.25) is 0 Å². The van der Waals surface area contributed by atoms with Gasteiger partial charge in [-0.15, -0.1) is 0 Å². The van der Waals surface area contributed by atoms with Crippen LogP contribution in [0.4, 0.5) is 4.39 Å². The Morgan fingerprint density at radius 2 is 2.00 bits per heavy atom. The van der Waals surface area contributed by atoms with Crippen molar-refractivity contribution in [3.63, 3.8) is 0 Å². The van der Waals surface area contributed by atoms with Crippen LogP contribution in [0, 0.1) is 5.82 Å². The van der Waals surface area contributed by atoms with Crippen molar-refractivity contribution in [2.75, 3.05) is 7.05 Å². The van der Waals surface area contributed by atoms with E-state index in [1.165, 1.54) is 24.3 Å². The van der Waals surface area contributed by atoms with Crippen molar-refractivity contribution in [2.24, 2.45) is 0 Å². The van der Waals surface area contributed by atoms with Crippen molar-refractivity contribution in [1.29, 1.82) is 0 Å². The lowest BCUT2D eigenvalue weighted by Crippen LogP contribution is -2.25. The minimum atomic E-state index is -0.348. The maximum Gasteiger partial charge on any atom is 0.253 e. The number of amides is 1. The molecule has 4 heteroatoms. The number of benzene rings is 1. The van der Waals surface area contributed by atoms with Crippen LogP contribution in [0.3, 0.4) is 0 Å². The zero-order valence-electron chi connectivity index (χ0n) is 9.39. The van der Waals surface area contributed by atoms with E-state index in [9.17, 15) is 9.18 Å². The SMILES string of the molecule is CN(Cc1ccoc1)C(=O)c1ccc(F)cc1. The van der Waals surface area contributed by atoms with Gasteiger partial charge in [0, 0.05) is 24.7 Å². The van der Waals surface area contributed by atoms with Crippen molar-refractivity contribution in [1.82, 2.24) is 4.90 Å². The normalized spacial score (nSPS) is 10.2. The van der Waals surface area contributed by atoms with Crippen molar-refractivity contribution in [3.8, 4) is 0 Å². The highest BCUT2D eigenvalue weighted by Gasteiger charge is 2.12. The monoisotopic (exact) mass is 233 g/mol. The lowest BCUT2D eigenvalue weighted by Gasteiger charge is -2.16. The summed E-state index contributed by atoms with van der Waals surface area (Å²) in [6.07, 6.45) is 3.15. The predicted molar refractivity (Wildman–Crippen MR) is 60.9 cm³/mol. The van der Waals surface area contributed by atoms with Gasteiger partial charge in [0.1, 0.15) is 5.82 Å². The van der Waals surface area contributed by atoms with Crippen LogP contribution in [0.5, 0.6) is 0 Å². The third-order valence-electron chi connectivity index (χ3n) is 2.44. The van der Waals surface area contributed by atoms with Gasteiger partial charge in [0.05, 0.1) is 12.5 Å². The first-order valence-electron chi connectivity index (χ1n) is 5.19. The molecule has 1 aromatic heterocycles. The molecule has 0 aliphatic carbocycles. The van der Waals surface area contributed by atoms with Gasteiger partial charge in [-0.3, -0.25) is 4.79 Å². The summed E-state index contributed by atoms with van der Waals surface area (Å²) in [5.41, 5.74) is 1.39. The summed E-state index contributed by atoms with van der Waals surface area (Å²) in [4.78, 5) is 13.5. The van der Waals surface area contributed by atoms with Gasteiger partial charge in [-0.1, -0.05) is 0 Å². The Labute approximate surface area is 98.5 Å². The summed E-state index contributed by atoms with van der Waals surface area (Å²) >= 11 is 0. The second-order valence-electron chi connectivity index (χ2n) is 3.80. The van der Waals surface area contributed by atoms with E-state index in [-0.39, 0.29) is 11.7 Å². The summed E-state index contributed by atoms with van der Waals surface area (Å²) in [7, 11) is 1.69. The van der Waals surface area contributed by atoms with E-state index in [1.807, 2.05) is 0 Å². The molecule has 0 radical (unpaired) electrons. The largest absolute Gasteiger partial charge is 0.472 e. The van der Waals surface area contributed by atoms with Gasteiger partial charge in [-0.2, -0.15) is 0 Å². The second-order valence-corrected chi connectivity index (χ2v) is 3.80. The van der Waals surface area contributed by atoms with E-state index in [2.05, 4.69) is 0 Å². The van der Waals surface area contributed by atoms with Crippen LogP contribution in [0.2, 0.25) is 0 Å². The molecule has 88 valence electrons. The first kappa shape index (κ1) is 11.4. The van der Waals surface area contributed by atoms with Gasteiger partial charge in [-0.05, 0) is 30.3 Å². The van der Waals surface area contributed by atoms with Gasteiger partial charge in [0.15, 0.2) is 0 Å². The average molecular weight is 233 g/mol. The smallest absolute Gasteiger partial charge is 0.253 e. The van der Waals surface area contributed by atoms with Crippen molar-refractivity contribution in [2.45, 2.75) is 6.54 Å². The van der Waals surface area contributed by atoms with Gasteiger partial charge in [-0.25, -0.2) is 4.39 Å². The molecule has 2 aromatic rings. The van der Waals surface area contributed by atoms with Crippen molar-refractivity contribution in [3.05, 3.63) is 59.8 Å². The summed E-state index contributed by atoms with van der Waals surface area (Å²) in [5.74, 6) is -0.495. The number of halogens is 1. The number of hydrogen-bond acceptors (Lipinski definition) is 2. The fraction of sp³-hybridized carbons (Fsp3) is 0.154. The maximum atomic E-state index is 12.7. The standard InChI is InChI=1S/C13H12FNO2/c1-15(8-10-6-7-17-9-10)13(16)11-2-4-12(14)5-3-11/h2-7,9H,8H2,1H3. The number of nitrogens with zero attached hydrogens (tertiary/aromatic N) is 1. The van der Waals surface area contributed by atoms with E-state index in [4.69, 9.17) is 4.42 Å². The predicted octanol–water partition coefficient (Wildman–Crippen LogP) is 2.69. The van der Waals surface area contributed by atoms with E-state index in [0.29, 0.717) is 12.1 Å². The Morgan fingerprint density at radius 1 is 1.29 bits per heavy atom. The second kappa shape index (κ2) is 4.82. The Hall–Kier alpha value is -2.10. The Kier molecular flexibility index (Phi) is 3.23. The molecule has 0 fully saturated rings. The first-order chi connectivity index (χ1) is 8.16. The van der Waals surface area contributed by atoms with E-state index < -0.39 is 0 Å². The first-order valence-corrected chi connectivity index (χ1v) is 5.19. The molecular weight excluding hydrogens is 221 g/mol. The third-order valence-corrected chi connectivity index (χ3v) is 2.44. The van der Waals surface area contributed by atoms with Crippen LogP contribution in [0.15, 0.2) is 47.3 Å². The Morgan fingerprint density at radius 3 is 2.59 bits per heavy atom. The minimum absolute atomic E-state index is 0.147. The zero-order chi connectivity index (χ0) is 12.3. The average Bonchev–Trinajstić information content (AvgIpc) is 2.82. The summed E-state index contributed by atoms with van der Waals surface area (Å²) in [5, 5.41) is 0. The summed E-state index contributed by atoms with van der Waals surface area (Å²) in [6, 6.07) is 7.30. The van der Waals surface area contributed by atoms with Crippen LogP contribution in [-0.2, 0) is 6.54 Å². The maximum absolute atomic E-state index is 12.7. The highest BCUT2D eigenvalue weighted by molar-refractivity contribution is 5.93. The Balaban J connectivity index is 2.07. The molecule has 1 heterocycles. The minimum Gasteiger partial charge on any atom is -0.472 e. The molecule has 0 saturated carbocycles. The summed E-state index contributed by atoms with van der Waals surface area (Å²) in [6.45, 7) is 0.465.